The van der Waals surface area contributed by atoms with Gasteiger partial charge in [0.05, 0.1) is 6.42 Å². The molecule has 152 valence electrons. The number of carbonyl (C=O) groups is 2. The number of piperidine rings is 1. The molecule has 0 radical (unpaired) electrons. The Bertz CT molecular complexity index is 889. The van der Waals surface area contributed by atoms with Gasteiger partial charge in [-0.05, 0) is 30.4 Å². The summed E-state index contributed by atoms with van der Waals surface area (Å²) >= 11 is 0. The molecule has 1 saturated heterocycles. The zero-order chi connectivity index (χ0) is 20.4. The van der Waals surface area contributed by atoms with Gasteiger partial charge in [-0.15, -0.1) is 0 Å². The van der Waals surface area contributed by atoms with E-state index in [2.05, 4.69) is 10.6 Å². The minimum Gasteiger partial charge on any atom is -0.508 e. The Kier molecular flexibility index (Phi) is 5.53. The van der Waals surface area contributed by atoms with Crippen LogP contribution in [0.1, 0.15) is 29.0 Å². The van der Waals surface area contributed by atoms with Crippen LogP contribution in [0.3, 0.4) is 0 Å². The molecule has 2 aromatic rings. The van der Waals surface area contributed by atoms with Gasteiger partial charge in [0.1, 0.15) is 5.75 Å². The summed E-state index contributed by atoms with van der Waals surface area (Å²) in [5.74, 6) is 0.104. The smallest absolute Gasteiger partial charge is 0.307 e. The van der Waals surface area contributed by atoms with Gasteiger partial charge < -0.3 is 20.5 Å². The van der Waals surface area contributed by atoms with Gasteiger partial charge >= 0.3 is 5.97 Å². The molecule has 1 amide bonds. The molecule has 6 heteroatoms. The fraction of sp³-hybridized carbons (Fsp3) is 0.391. The van der Waals surface area contributed by atoms with Gasteiger partial charge in [-0.25, -0.2) is 0 Å². The maximum absolute atomic E-state index is 12.5. The zero-order valence-electron chi connectivity index (χ0n) is 16.4. The number of aryl methyl sites for hydroxylation is 1. The van der Waals surface area contributed by atoms with Crippen LogP contribution in [-0.4, -0.2) is 42.7 Å². The quantitative estimate of drug-likeness (QED) is 0.626. The van der Waals surface area contributed by atoms with E-state index in [4.69, 9.17) is 4.74 Å². The second kappa shape index (κ2) is 8.25. The second-order valence-corrected chi connectivity index (χ2v) is 7.97. The van der Waals surface area contributed by atoms with E-state index in [9.17, 15) is 14.7 Å². The molecule has 6 nitrogen and oxygen atoms in total. The Morgan fingerprint density at radius 3 is 2.62 bits per heavy atom. The average Bonchev–Trinajstić information content (AvgIpc) is 3.13. The molecule has 0 spiro atoms. The molecule has 0 bridgehead atoms. The summed E-state index contributed by atoms with van der Waals surface area (Å²) in [6, 6.07) is 15.1. The van der Waals surface area contributed by atoms with Crippen LogP contribution in [0, 0.1) is 18.8 Å². The van der Waals surface area contributed by atoms with Crippen molar-refractivity contribution in [2.45, 2.75) is 25.3 Å². The summed E-state index contributed by atoms with van der Waals surface area (Å²) in [6.07, 6.45) is 0.0485. The van der Waals surface area contributed by atoms with E-state index < -0.39 is 5.97 Å². The number of amides is 1. The maximum atomic E-state index is 12.5. The highest BCUT2D eigenvalue weighted by Gasteiger charge is 2.53. The Morgan fingerprint density at radius 2 is 1.90 bits per heavy atom. The number of aromatic hydroxyl groups is 1. The molecule has 4 rings (SSSR count). The van der Waals surface area contributed by atoms with Crippen molar-refractivity contribution in [2.24, 2.45) is 11.8 Å². The largest absolute Gasteiger partial charge is 0.508 e. The van der Waals surface area contributed by atoms with Crippen molar-refractivity contribution in [3.05, 3.63) is 65.2 Å². The molecule has 3 unspecified atom stereocenters. The molecule has 2 aliphatic rings. The number of hydrogen-bond acceptors (Lipinski definition) is 5. The highest BCUT2D eigenvalue weighted by molar-refractivity contribution is 5.81. The molecule has 1 heterocycles. The number of nitrogens with one attached hydrogen (secondary N) is 2. The van der Waals surface area contributed by atoms with Gasteiger partial charge in [0.15, 0.2) is 6.61 Å². The van der Waals surface area contributed by atoms with Crippen molar-refractivity contribution < 1.29 is 19.4 Å². The van der Waals surface area contributed by atoms with Gasteiger partial charge in [0, 0.05) is 30.6 Å². The first-order valence-electron chi connectivity index (χ1n) is 10.0. The lowest BCUT2D eigenvalue weighted by Gasteiger charge is -2.19. The van der Waals surface area contributed by atoms with E-state index in [0.717, 1.165) is 24.2 Å². The molecule has 0 aromatic heterocycles. The summed E-state index contributed by atoms with van der Waals surface area (Å²) in [7, 11) is 0. The summed E-state index contributed by atoms with van der Waals surface area (Å²) in [4.78, 5) is 24.6. The second-order valence-electron chi connectivity index (χ2n) is 7.97. The minimum absolute atomic E-state index is 0.0485. The number of hydrogen-bond donors (Lipinski definition) is 3. The lowest BCUT2D eigenvalue weighted by molar-refractivity contribution is -0.148. The molecular formula is C23H26N2O4. The zero-order valence-corrected chi connectivity index (χ0v) is 16.4. The van der Waals surface area contributed by atoms with Crippen LogP contribution < -0.4 is 10.6 Å². The van der Waals surface area contributed by atoms with Gasteiger partial charge in [-0.2, -0.15) is 0 Å². The Labute approximate surface area is 170 Å². The van der Waals surface area contributed by atoms with Crippen LogP contribution in [-0.2, 0) is 14.3 Å². The standard InChI is InChI=1S/C23H26N2O4/c1-14-7-8-20(26)17(9-14)16(15-5-3-2-4-6-15)10-22(28)29-13-21(27)25-23-18-11-24-12-19(18)23/h2-9,16,18-19,23-24,26H,10-13H2,1H3,(H,25,27). The van der Waals surface area contributed by atoms with Crippen molar-refractivity contribution in [2.75, 3.05) is 19.7 Å². The number of phenols is 1. The molecule has 3 atom stereocenters. The Hall–Kier alpha value is -2.86. The number of fused-ring (bicyclic) bond motifs is 1. The van der Waals surface area contributed by atoms with Crippen molar-refractivity contribution >= 4 is 11.9 Å². The molecule has 1 aliphatic heterocycles. The fourth-order valence-corrected chi connectivity index (χ4v) is 4.28. The molecule has 1 saturated carbocycles. The van der Waals surface area contributed by atoms with E-state index in [1.165, 1.54) is 0 Å². The molecule has 2 aromatic carbocycles. The van der Waals surface area contributed by atoms with Crippen LogP contribution in [0.4, 0.5) is 0 Å². The van der Waals surface area contributed by atoms with Crippen molar-refractivity contribution in [1.82, 2.24) is 10.6 Å². The summed E-state index contributed by atoms with van der Waals surface area (Å²) < 4.78 is 5.25. The third-order valence-corrected chi connectivity index (χ3v) is 5.91. The van der Waals surface area contributed by atoms with E-state index >= 15 is 0 Å². The van der Waals surface area contributed by atoms with Gasteiger partial charge in [-0.1, -0.05) is 48.0 Å². The van der Waals surface area contributed by atoms with Crippen LogP contribution >= 0.6 is 0 Å². The predicted octanol–water partition coefficient (Wildman–Crippen LogP) is 2.10. The van der Waals surface area contributed by atoms with E-state index in [-0.39, 0.29) is 36.6 Å². The predicted molar refractivity (Wildman–Crippen MR) is 108 cm³/mol. The van der Waals surface area contributed by atoms with Crippen molar-refractivity contribution in [1.29, 1.82) is 0 Å². The molecule has 1 aliphatic carbocycles. The summed E-state index contributed by atoms with van der Waals surface area (Å²) in [6.45, 7) is 3.54. The SMILES string of the molecule is Cc1ccc(O)c(C(CC(=O)OCC(=O)NC2C3CNCC32)c2ccccc2)c1. The number of esters is 1. The molecule has 3 N–H and O–H groups in total. The number of phenolic OH excluding ortho intramolecular Hbond substituents is 1. The first-order valence-corrected chi connectivity index (χ1v) is 10.0. The first kappa shape index (κ1) is 19.5. The Balaban J connectivity index is 1.38. The van der Waals surface area contributed by atoms with Gasteiger partial charge in [0.25, 0.3) is 5.91 Å². The topological polar surface area (TPSA) is 87.7 Å². The first-order chi connectivity index (χ1) is 14.0. The maximum Gasteiger partial charge on any atom is 0.307 e. The Morgan fingerprint density at radius 1 is 1.17 bits per heavy atom. The van der Waals surface area contributed by atoms with E-state index in [0.29, 0.717) is 17.4 Å². The molecule has 2 fully saturated rings. The summed E-state index contributed by atoms with van der Waals surface area (Å²) in [5.41, 5.74) is 2.58. The third-order valence-electron chi connectivity index (χ3n) is 5.91. The highest BCUT2D eigenvalue weighted by atomic mass is 16.5. The number of carbonyl (C=O) groups excluding carboxylic acids is 2. The van der Waals surface area contributed by atoms with Gasteiger partial charge in [0.2, 0.25) is 0 Å². The molecule has 29 heavy (non-hydrogen) atoms. The third kappa shape index (κ3) is 4.43. The van der Waals surface area contributed by atoms with E-state index in [1.54, 1.807) is 6.07 Å². The lowest BCUT2D eigenvalue weighted by atomic mass is 9.87. The van der Waals surface area contributed by atoms with Gasteiger partial charge in [-0.3, -0.25) is 9.59 Å². The fourth-order valence-electron chi connectivity index (χ4n) is 4.28. The highest BCUT2D eigenvalue weighted by Crippen LogP contribution is 2.41. The van der Waals surface area contributed by atoms with Crippen LogP contribution in [0.2, 0.25) is 0 Å². The average molecular weight is 394 g/mol. The monoisotopic (exact) mass is 394 g/mol. The number of rotatable bonds is 7. The summed E-state index contributed by atoms with van der Waals surface area (Å²) in [5, 5.41) is 16.6. The van der Waals surface area contributed by atoms with Crippen LogP contribution in [0.5, 0.6) is 5.75 Å². The minimum atomic E-state index is -0.465. The van der Waals surface area contributed by atoms with E-state index in [1.807, 2.05) is 49.4 Å². The van der Waals surface area contributed by atoms with Crippen LogP contribution in [0.25, 0.3) is 0 Å². The lowest BCUT2D eigenvalue weighted by Crippen LogP contribution is -2.35. The molecular weight excluding hydrogens is 368 g/mol. The van der Waals surface area contributed by atoms with Crippen LogP contribution in [0.15, 0.2) is 48.5 Å². The number of benzene rings is 2. The number of ether oxygens (including phenoxy) is 1. The van der Waals surface area contributed by atoms with Crippen molar-refractivity contribution in [3.63, 3.8) is 0 Å². The normalized spacial score (nSPS) is 23.1. The van der Waals surface area contributed by atoms with Crippen molar-refractivity contribution in [3.8, 4) is 5.75 Å².